The van der Waals surface area contributed by atoms with Gasteiger partial charge in [0, 0.05) is 13.0 Å². The van der Waals surface area contributed by atoms with Gasteiger partial charge in [0.15, 0.2) is 0 Å². The minimum Gasteiger partial charge on any atom is -0.497 e. The second-order valence-corrected chi connectivity index (χ2v) is 8.31. The molecule has 0 aromatic heterocycles. The van der Waals surface area contributed by atoms with Crippen LogP contribution in [0.5, 0.6) is 11.5 Å². The average Bonchev–Trinajstić information content (AvgIpc) is 2.77. The van der Waals surface area contributed by atoms with Gasteiger partial charge in [-0.05, 0) is 48.9 Å². The Kier molecular flexibility index (Phi) is 8.58. The first kappa shape index (κ1) is 23.6. The van der Waals surface area contributed by atoms with Crippen molar-refractivity contribution in [2.24, 2.45) is 0 Å². The number of amides is 1. The molecule has 1 atom stereocenters. The average molecular weight is 440 g/mol. The zero-order valence-electron chi connectivity index (χ0n) is 16.7. The number of hydrogen-bond donors (Lipinski definition) is 2. The van der Waals surface area contributed by atoms with E-state index < -0.39 is 28.6 Å². The molecule has 0 aliphatic rings. The molecule has 0 heterocycles. The van der Waals surface area contributed by atoms with Gasteiger partial charge in [0.2, 0.25) is 10.0 Å². The van der Waals surface area contributed by atoms with Crippen molar-refractivity contribution in [2.45, 2.75) is 30.8 Å². The summed E-state index contributed by atoms with van der Waals surface area (Å²) in [4.78, 5) is 11.9. The molecule has 0 fully saturated rings. The molecule has 0 radical (unpaired) electrons. The van der Waals surface area contributed by atoms with Crippen LogP contribution in [0.4, 0.5) is 4.39 Å². The van der Waals surface area contributed by atoms with Gasteiger partial charge in [0.05, 0.1) is 25.3 Å². The van der Waals surface area contributed by atoms with E-state index in [9.17, 15) is 17.6 Å². The van der Waals surface area contributed by atoms with Crippen LogP contribution in [0.3, 0.4) is 0 Å². The lowest BCUT2D eigenvalue weighted by molar-refractivity contribution is -0.132. The maximum atomic E-state index is 13.3. The minimum atomic E-state index is -4.11. The van der Waals surface area contributed by atoms with Gasteiger partial charge in [-0.15, -0.1) is 0 Å². The van der Waals surface area contributed by atoms with E-state index in [0.29, 0.717) is 17.1 Å². The number of rotatable bonds is 11. The Morgan fingerprint density at radius 2 is 1.90 bits per heavy atom. The highest BCUT2D eigenvalue weighted by atomic mass is 32.2. The molecular formula is C20H25FN2O6S. The number of carbonyl (C=O) groups is 1. The number of nitrogens with zero attached hydrogens (tertiary/aromatic N) is 1. The Labute approximate surface area is 175 Å². The summed E-state index contributed by atoms with van der Waals surface area (Å²) in [5, 5.41) is 8.99. The van der Waals surface area contributed by atoms with Crippen LogP contribution in [-0.2, 0) is 21.4 Å². The maximum Gasteiger partial charge on any atom is 0.261 e. The van der Waals surface area contributed by atoms with E-state index in [1.54, 1.807) is 24.3 Å². The minimum absolute atomic E-state index is 0.0548. The molecule has 0 spiro atoms. The first-order chi connectivity index (χ1) is 14.3. The largest absolute Gasteiger partial charge is 0.497 e. The molecule has 0 aliphatic heterocycles. The molecule has 1 amide bonds. The summed E-state index contributed by atoms with van der Waals surface area (Å²) in [7, 11) is -2.62. The van der Waals surface area contributed by atoms with Crippen molar-refractivity contribution in [2.75, 3.05) is 20.4 Å². The van der Waals surface area contributed by atoms with Gasteiger partial charge in [-0.1, -0.05) is 12.1 Å². The first-order valence-electron chi connectivity index (χ1n) is 9.21. The van der Waals surface area contributed by atoms with Crippen molar-refractivity contribution >= 4 is 15.9 Å². The zero-order chi connectivity index (χ0) is 22.1. The fourth-order valence-corrected chi connectivity index (χ4v) is 4.27. The van der Waals surface area contributed by atoms with E-state index >= 15 is 0 Å². The molecule has 2 aromatic carbocycles. The topological polar surface area (TPSA) is 105 Å². The Balaban J connectivity index is 2.34. The molecule has 0 bridgehead atoms. The quantitative estimate of drug-likeness (QED) is 0.316. The van der Waals surface area contributed by atoms with Crippen molar-refractivity contribution in [3.05, 3.63) is 54.1 Å². The summed E-state index contributed by atoms with van der Waals surface area (Å²) < 4.78 is 50.2. The summed E-state index contributed by atoms with van der Waals surface area (Å²) in [5.74, 6) is 0.0782. The zero-order valence-corrected chi connectivity index (χ0v) is 17.6. The van der Waals surface area contributed by atoms with Crippen molar-refractivity contribution < 1.29 is 32.3 Å². The highest BCUT2D eigenvalue weighted by molar-refractivity contribution is 7.89. The smallest absolute Gasteiger partial charge is 0.261 e. The van der Waals surface area contributed by atoms with Crippen LogP contribution >= 0.6 is 0 Å². The Morgan fingerprint density at radius 3 is 2.50 bits per heavy atom. The summed E-state index contributed by atoms with van der Waals surface area (Å²) in [6.07, 6.45) is 0.238. The number of sulfonamides is 1. The fourth-order valence-electron chi connectivity index (χ4n) is 2.69. The van der Waals surface area contributed by atoms with Gasteiger partial charge in [0.1, 0.15) is 17.5 Å². The van der Waals surface area contributed by atoms with Crippen LogP contribution in [0.2, 0.25) is 0 Å². The third-order valence-corrected chi connectivity index (χ3v) is 6.30. The Bertz CT molecular complexity index is 937. The van der Waals surface area contributed by atoms with Crippen LogP contribution in [0.25, 0.3) is 0 Å². The molecule has 10 heteroatoms. The highest BCUT2D eigenvalue weighted by Gasteiger charge is 2.33. The molecule has 0 unspecified atom stereocenters. The van der Waals surface area contributed by atoms with Gasteiger partial charge >= 0.3 is 0 Å². The monoisotopic (exact) mass is 440 g/mol. The number of nitrogens with one attached hydrogen (secondary N) is 1. The molecule has 0 saturated carbocycles. The number of hydrogen-bond acceptors (Lipinski definition) is 6. The molecular weight excluding hydrogens is 415 g/mol. The van der Waals surface area contributed by atoms with Gasteiger partial charge in [-0.25, -0.2) is 13.9 Å². The second-order valence-electron chi connectivity index (χ2n) is 6.42. The van der Waals surface area contributed by atoms with Crippen molar-refractivity contribution in [1.82, 2.24) is 9.79 Å². The fraction of sp³-hybridized carbons (Fsp3) is 0.350. The summed E-state index contributed by atoms with van der Waals surface area (Å²) in [6.45, 7) is 0.926. The Hall–Kier alpha value is -2.69. The number of benzene rings is 2. The number of alkyl halides is 1. The molecule has 164 valence electrons. The number of halogens is 1. The van der Waals surface area contributed by atoms with Crippen molar-refractivity contribution in [3.63, 3.8) is 0 Å². The molecule has 2 N–H and O–H groups in total. The summed E-state index contributed by atoms with van der Waals surface area (Å²) >= 11 is 0. The highest BCUT2D eigenvalue weighted by Crippen LogP contribution is 2.25. The van der Waals surface area contributed by atoms with E-state index in [0.717, 1.165) is 4.31 Å². The first-order valence-corrected chi connectivity index (χ1v) is 10.6. The molecule has 30 heavy (non-hydrogen) atoms. The number of carbonyl (C=O) groups excluding carboxylic acids is 1. The third-order valence-electron chi connectivity index (χ3n) is 4.37. The third kappa shape index (κ3) is 5.91. The Morgan fingerprint density at radius 1 is 1.20 bits per heavy atom. The lowest BCUT2D eigenvalue weighted by atomic mass is 10.2. The molecule has 0 aliphatic carbocycles. The van der Waals surface area contributed by atoms with E-state index in [1.165, 1.54) is 43.8 Å². The molecule has 8 nitrogen and oxygen atoms in total. The second kappa shape index (κ2) is 10.9. The van der Waals surface area contributed by atoms with Crippen LogP contribution in [0.15, 0.2) is 53.4 Å². The predicted octanol–water partition coefficient (Wildman–Crippen LogP) is 2.52. The van der Waals surface area contributed by atoms with Crippen molar-refractivity contribution in [3.8, 4) is 11.5 Å². The molecule has 2 aromatic rings. The molecule has 2 rings (SSSR count). The van der Waals surface area contributed by atoms with Gasteiger partial charge in [-0.2, -0.15) is 4.31 Å². The van der Waals surface area contributed by atoms with Gasteiger partial charge < -0.3 is 9.47 Å². The number of hydroxylamine groups is 1. The maximum absolute atomic E-state index is 13.3. The van der Waals surface area contributed by atoms with Crippen molar-refractivity contribution in [1.29, 1.82) is 0 Å². The predicted molar refractivity (Wildman–Crippen MR) is 108 cm³/mol. The SMILES string of the molecule is COc1cccc(CN([C@H](C)C(=O)NO)S(=O)(=O)c2ccc(OCCCF)cc2)c1. The lowest BCUT2D eigenvalue weighted by Crippen LogP contribution is -2.46. The van der Waals surface area contributed by atoms with Crippen LogP contribution < -0.4 is 15.0 Å². The van der Waals surface area contributed by atoms with Crippen LogP contribution in [-0.4, -0.2) is 50.3 Å². The number of ether oxygens (including phenoxy) is 2. The van der Waals surface area contributed by atoms with E-state index in [2.05, 4.69) is 0 Å². The van der Waals surface area contributed by atoms with Gasteiger partial charge in [0.25, 0.3) is 5.91 Å². The van der Waals surface area contributed by atoms with Crippen LogP contribution in [0, 0.1) is 0 Å². The van der Waals surface area contributed by atoms with E-state index in [4.69, 9.17) is 14.7 Å². The standard InChI is InChI=1S/C20H25FN2O6S/c1-15(20(24)22-25)23(14-16-5-3-6-18(13-16)28-2)30(26,27)19-9-7-17(8-10-19)29-12-4-11-21/h3,5-10,13,15,25H,4,11-12,14H2,1-2H3,(H,22,24)/t15-/m1/s1. The normalized spacial score (nSPS) is 12.4. The van der Waals surface area contributed by atoms with Crippen LogP contribution in [0.1, 0.15) is 18.9 Å². The van der Waals surface area contributed by atoms with Gasteiger partial charge in [-0.3, -0.25) is 14.4 Å². The summed E-state index contributed by atoms with van der Waals surface area (Å²) in [5.41, 5.74) is 2.09. The van der Waals surface area contributed by atoms with E-state index in [-0.39, 0.29) is 24.5 Å². The summed E-state index contributed by atoms with van der Waals surface area (Å²) in [6, 6.07) is 11.2. The lowest BCUT2D eigenvalue weighted by Gasteiger charge is -2.27. The van der Waals surface area contributed by atoms with E-state index in [1.807, 2.05) is 0 Å². The number of methoxy groups -OCH3 is 1. The molecule has 0 saturated heterocycles.